The molecule has 0 spiro atoms. The lowest BCUT2D eigenvalue weighted by Gasteiger charge is -2.24. The van der Waals surface area contributed by atoms with Crippen molar-refractivity contribution in [3.63, 3.8) is 0 Å². The second kappa shape index (κ2) is 5.43. The molecule has 0 bridgehead atoms. The summed E-state index contributed by atoms with van der Waals surface area (Å²) in [5, 5.41) is 9.01. The summed E-state index contributed by atoms with van der Waals surface area (Å²) in [6.45, 7) is 1.49. The topological polar surface area (TPSA) is 66.8 Å². The van der Waals surface area contributed by atoms with E-state index in [1.54, 1.807) is 12.3 Å². The van der Waals surface area contributed by atoms with Gasteiger partial charge in [-0.2, -0.15) is 0 Å². The number of carbonyl (C=O) groups is 1. The highest BCUT2D eigenvalue weighted by Gasteiger charge is 2.31. The Balaban J connectivity index is 1.46. The van der Waals surface area contributed by atoms with Crippen LogP contribution in [0.2, 0.25) is 5.02 Å². The van der Waals surface area contributed by atoms with E-state index < -0.39 is 0 Å². The Bertz CT molecular complexity index is 690. The molecule has 1 aliphatic carbocycles. The molecule has 4 rings (SSSR count). The Morgan fingerprint density at radius 2 is 2.27 bits per heavy atom. The second-order valence-corrected chi connectivity index (χ2v) is 6.60. The summed E-state index contributed by atoms with van der Waals surface area (Å²) in [5.41, 5.74) is 1.64. The zero-order valence-electron chi connectivity index (χ0n) is 12.2. The summed E-state index contributed by atoms with van der Waals surface area (Å²) < 4.78 is 1.88. The Kier molecular flexibility index (Phi) is 3.41. The number of amides is 1. The number of H-pyrrole nitrogens is 1. The van der Waals surface area contributed by atoms with Gasteiger partial charge in [-0.15, -0.1) is 5.10 Å². The third kappa shape index (κ3) is 2.63. The van der Waals surface area contributed by atoms with Crippen LogP contribution in [0.25, 0.3) is 0 Å². The molecular weight excluding hydrogens is 302 g/mol. The first kappa shape index (κ1) is 13.8. The van der Waals surface area contributed by atoms with Crippen LogP contribution in [0, 0.1) is 0 Å². The number of carbonyl (C=O) groups excluding carboxylic acids is 1. The van der Waals surface area contributed by atoms with Gasteiger partial charge in [0.25, 0.3) is 5.91 Å². The molecule has 1 amide bonds. The molecule has 0 radical (unpaired) electrons. The molecule has 116 valence electrons. The average Bonchev–Trinajstić information content (AvgIpc) is 2.90. The highest BCUT2D eigenvalue weighted by molar-refractivity contribution is 6.30. The standard InChI is InChI=1S/C15H18ClN5O/c16-11-6-13(17-7-11)15(22)21-5-1-2-12(21)8-20-9-14(18-19-20)10-3-4-10/h6-7,9-10,12,17H,1-5,8H2. The molecule has 0 aromatic carbocycles. The lowest BCUT2D eigenvalue weighted by molar-refractivity contribution is 0.0716. The van der Waals surface area contributed by atoms with Crippen LogP contribution in [0.4, 0.5) is 0 Å². The fraction of sp³-hybridized carbons (Fsp3) is 0.533. The first-order valence-electron chi connectivity index (χ1n) is 7.75. The maximum atomic E-state index is 12.6. The summed E-state index contributed by atoms with van der Waals surface area (Å²) in [6.07, 6.45) is 8.14. The quantitative estimate of drug-likeness (QED) is 0.941. The molecular formula is C15H18ClN5O. The van der Waals surface area contributed by atoms with Crippen molar-refractivity contribution in [3.8, 4) is 0 Å². The number of aromatic nitrogens is 4. The molecule has 2 fully saturated rings. The van der Waals surface area contributed by atoms with E-state index in [0.717, 1.165) is 25.1 Å². The molecule has 1 saturated heterocycles. The fourth-order valence-electron chi connectivity index (χ4n) is 3.12. The molecule has 1 unspecified atom stereocenters. The number of nitrogens with one attached hydrogen (secondary N) is 1. The Morgan fingerprint density at radius 3 is 3.00 bits per heavy atom. The van der Waals surface area contributed by atoms with Gasteiger partial charge in [0.1, 0.15) is 5.69 Å². The molecule has 2 aliphatic rings. The Hall–Kier alpha value is -1.82. The van der Waals surface area contributed by atoms with Crippen LogP contribution in [-0.2, 0) is 6.54 Å². The maximum Gasteiger partial charge on any atom is 0.270 e. The van der Waals surface area contributed by atoms with Gasteiger partial charge in [0.05, 0.1) is 23.3 Å². The van der Waals surface area contributed by atoms with E-state index >= 15 is 0 Å². The van der Waals surface area contributed by atoms with E-state index in [-0.39, 0.29) is 11.9 Å². The first-order chi connectivity index (χ1) is 10.7. The van der Waals surface area contributed by atoms with E-state index in [1.807, 2.05) is 15.8 Å². The average molecular weight is 320 g/mol. The van der Waals surface area contributed by atoms with Gasteiger partial charge >= 0.3 is 0 Å². The van der Waals surface area contributed by atoms with Gasteiger partial charge in [-0.25, -0.2) is 0 Å². The van der Waals surface area contributed by atoms with E-state index in [2.05, 4.69) is 15.3 Å². The highest BCUT2D eigenvalue weighted by Crippen LogP contribution is 2.38. The molecule has 1 saturated carbocycles. The summed E-state index contributed by atoms with van der Waals surface area (Å²) >= 11 is 5.89. The number of aromatic amines is 1. The molecule has 22 heavy (non-hydrogen) atoms. The molecule has 7 heteroatoms. The lowest BCUT2D eigenvalue weighted by Crippen LogP contribution is -2.38. The largest absolute Gasteiger partial charge is 0.356 e. The Morgan fingerprint density at radius 1 is 1.41 bits per heavy atom. The molecule has 1 N–H and O–H groups in total. The van der Waals surface area contributed by atoms with Crippen molar-refractivity contribution in [1.29, 1.82) is 0 Å². The number of likely N-dealkylation sites (tertiary alicyclic amines) is 1. The van der Waals surface area contributed by atoms with Gasteiger partial charge in [0.15, 0.2) is 0 Å². The first-order valence-corrected chi connectivity index (χ1v) is 8.13. The number of hydrogen-bond donors (Lipinski definition) is 1. The zero-order chi connectivity index (χ0) is 15.1. The minimum absolute atomic E-state index is 0.0110. The van der Waals surface area contributed by atoms with E-state index in [4.69, 9.17) is 11.6 Å². The number of hydrogen-bond acceptors (Lipinski definition) is 3. The second-order valence-electron chi connectivity index (χ2n) is 6.17. The van der Waals surface area contributed by atoms with Crippen molar-refractivity contribution < 1.29 is 4.79 Å². The van der Waals surface area contributed by atoms with Crippen LogP contribution in [-0.4, -0.2) is 43.4 Å². The SMILES string of the molecule is O=C(c1cc(Cl)c[nH]1)N1CCCC1Cn1cc(C2CC2)nn1. The highest BCUT2D eigenvalue weighted by atomic mass is 35.5. The van der Waals surface area contributed by atoms with Crippen LogP contribution >= 0.6 is 11.6 Å². The van der Waals surface area contributed by atoms with Gasteiger partial charge in [-0.1, -0.05) is 16.8 Å². The molecule has 6 nitrogen and oxygen atoms in total. The molecule has 2 aromatic rings. The van der Waals surface area contributed by atoms with E-state index in [9.17, 15) is 4.79 Å². The van der Waals surface area contributed by atoms with Crippen molar-refractivity contribution in [3.05, 3.63) is 34.9 Å². The normalized spacial score (nSPS) is 21.5. The molecule has 1 atom stereocenters. The minimum atomic E-state index is 0.0110. The van der Waals surface area contributed by atoms with Crippen LogP contribution in [0.3, 0.4) is 0 Å². The predicted molar refractivity (Wildman–Crippen MR) is 81.9 cm³/mol. The van der Waals surface area contributed by atoms with Crippen LogP contribution in [0.1, 0.15) is 47.8 Å². The summed E-state index contributed by atoms with van der Waals surface area (Å²) in [4.78, 5) is 17.4. The molecule has 3 heterocycles. The van der Waals surface area contributed by atoms with Gasteiger partial charge < -0.3 is 9.88 Å². The van der Waals surface area contributed by atoms with Crippen molar-refractivity contribution in [2.45, 2.75) is 44.2 Å². The smallest absolute Gasteiger partial charge is 0.270 e. The lowest BCUT2D eigenvalue weighted by atomic mass is 10.2. The van der Waals surface area contributed by atoms with Gasteiger partial charge in [-0.3, -0.25) is 9.48 Å². The number of halogens is 1. The van der Waals surface area contributed by atoms with Crippen LogP contribution < -0.4 is 0 Å². The summed E-state index contributed by atoms with van der Waals surface area (Å²) in [6, 6.07) is 1.85. The predicted octanol–water partition coefficient (Wildman–Crippen LogP) is 2.44. The van der Waals surface area contributed by atoms with Crippen molar-refractivity contribution in [2.75, 3.05) is 6.54 Å². The molecule has 2 aromatic heterocycles. The molecule has 1 aliphatic heterocycles. The van der Waals surface area contributed by atoms with Crippen molar-refractivity contribution in [1.82, 2.24) is 24.9 Å². The van der Waals surface area contributed by atoms with Crippen molar-refractivity contribution >= 4 is 17.5 Å². The van der Waals surface area contributed by atoms with E-state index in [1.165, 1.54) is 12.8 Å². The third-order valence-corrected chi connectivity index (χ3v) is 4.68. The van der Waals surface area contributed by atoms with Gasteiger partial charge in [-0.05, 0) is 31.7 Å². The van der Waals surface area contributed by atoms with Gasteiger partial charge in [0, 0.05) is 24.9 Å². The number of rotatable bonds is 4. The minimum Gasteiger partial charge on any atom is -0.356 e. The van der Waals surface area contributed by atoms with Crippen LogP contribution in [0.15, 0.2) is 18.5 Å². The fourth-order valence-corrected chi connectivity index (χ4v) is 3.29. The summed E-state index contributed by atoms with van der Waals surface area (Å²) in [5.74, 6) is 0.619. The zero-order valence-corrected chi connectivity index (χ0v) is 13.0. The maximum absolute atomic E-state index is 12.6. The van der Waals surface area contributed by atoms with Gasteiger partial charge in [0.2, 0.25) is 0 Å². The Labute approximate surface area is 133 Å². The van der Waals surface area contributed by atoms with Crippen LogP contribution in [0.5, 0.6) is 0 Å². The summed E-state index contributed by atoms with van der Waals surface area (Å²) in [7, 11) is 0. The third-order valence-electron chi connectivity index (χ3n) is 4.47. The number of nitrogens with zero attached hydrogens (tertiary/aromatic N) is 4. The van der Waals surface area contributed by atoms with Crippen molar-refractivity contribution in [2.24, 2.45) is 0 Å². The van der Waals surface area contributed by atoms with E-state index in [0.29, 0.717) is 23.2 Å². The monoisotopic (exact) mass is 319 g/mol.